The van der Waals surface area contributed by atoms with Crippen LogP contribution >= 0.6 is 0 Å². The Hall–Kier alpha value is -2.76. The number of carboxylic acids is 1. The number of hydrogen-bond donors (Lipinski definition) is 2. The van der Waals surface area contributed by atoms with Gasteiger partial charge in [-0.2, -0.15) is 0 Å². The Morgan fingerprint density at radius 3 is 2.90 bits per heavy atom. The fourth-order valence-corrected chi connectivity index (χ4v) is 2.54. The molecule has 2 aromatic heterocycles. The van der Waals surface area contributed by atoms with Gasteiger partial charge in [-0.05, 0) is 24.6 Å². The molecule has 0 saturated carbocycles. The number of ether oxygens (including phenoxy) is 1. The highest BCUT2D eigenvalue weighted by Gasteiger charge is 2.24. The molecule has 0 amide bonds. The molecule has 3 heterocycles. The molecule has 0 aromatic carbocycles. The number of carboxylic acid groups (broad SMARTS) is 1. The number of nitrogens with zero attached hydrogens (tertiary/aromatic N) is 1. The van der Waals surface area contributed by atoms with E-state index in [0.717, 1.165) is 0 Å². The first-order chi connectivity index (χ1) is 10.1. The van der Waals surface area contributed by atoms with Crippen LogP contribution in [-0.4, -0.2) is 27.2 Å². The summed E-state index contributed by atoms with van der Waals surface area (Å²) in [6.07, 6.45) is 5.31. The number of carbonyl (C=O) groups is 1. The van der Waals surface area contributed by atoms with Crippen molar-refractivity contribution in [2.24, 2.45) is 5.92 Å². The second-order valence-electron chi connectivity index (χ2n) is 4.89. The highest BCUT2D eigenvalue weighted by Crippen LogP contribution is 2.23. The molecule has 1 aliphatic rings. The van der Waals surface area contributed by atoms with Gasteiger partial charge in [-0.15, -0.1) is 0 Å². The van der Waals surface area contributed by atoms with E-state index in [0.29, 0.717) is 24.1 Å². The lowest BCUT2D eigenvalue weighted by Crippen LogP contribution is -2.23. The van der Waals surface area contributed by atoms with Gasteiger partial charge in [-0.1, -0.05) is 6.07 Å². The van der Waals surface area contributed by atoms with E-state index < -0.39 is 22.8 Å². The van der Waals surface area contributed by atoms with Crippen molar-refractivity contribution >= 4 is 11.5 Å². The minimum atomic E-state index is -1.43. The van der Waals surface area contributed by atoms with Crippen LogP contribution in [0.15, 0.2) is 41.5 Å². The third kappa shape index (κ3) is 2.14. The molecule has 0 spiro atoms. The van der Waals surface area contributed by atoms with E-state index in [1.54, 1.807) is 24.5 Å². The summed E-state index contributed by atoms with van der Waals surface area (Å²) >= 11 is 0. The van der Waals surface area contributed by atoms with E-state index in [9.17, 15) is 19.8 Å². The van der Waals surface area contributed by atoms with Crippen LogP contribution in [0.2, 0.25) is 0 Å². The molecule has 2 aromatic rings. The molecule has 1 atom stereocenters. The van der Waals surface area contributed by atoms with Crippen molar-refractivity contribution in [3.8, 4) is 5.88 Å². The van der Waals surface area contributed by atoms with Crippen LogP contribution in [-0.2, 0) is 11.2 Å². The molecule has 6 heteroatoms. The van der Waals surface area contributed by atoms with Gasteiger partial charge in [0.2, 0.25) is 11.3 Å². The minimum Gasteiger partial charge on any atom is -0.501 e. The van der Waals surface area contributed by atoms with Gasteiger partial charge in [-0.3, -0.25) is 9.20 Å². The standard InChI is InChI=1S/C15H13NO5/c17-13-10(7-9-4-6-21-8-9)11-3-1-2-5-16(11)14(18)12(13)15(19)20/h1-6,9,18H,7-8H2,(H,19,20). The number of aromatic nitrogens is 1. The lowest BCUT2D eigenvalue weighted by molar-refractivity contribution is 0.0691. The van der Waals surface area contributed by atoms with Gasteiger partial charge in [-0.25, -0.2) is 4.79 Å². The van der Waals surface area contributed by atoms with Crippen LogP contribution in [0.25, 0.3) is 5.52 Å². The maximum absolute atomic E-state index is 12.4. The van der Waals surface area contributed by atoms with Crippen LogP contribution in [0.3, 0.4) is 0 Å². The Bertz CT molecular complexity index is 806. The van der Waals surface area contributed by atoms with E-state index >= 15 is 0 Å². The smallest absolute Gasteiger partial charge is 0.345 e. The Labute approximate surface area is 119 Å². The Morgan fingerprint density at radius 1 is 1.43 bits per heavy atom. The molecule has 1 aliphatic heterocycles. The minimum absolute atomic E-state index is 0.0212. The zero-order valence-corrected chi connectivity index (χ0v) is 11.0. The third-order valence-electron chi connectivity index (χ3n) is 3.56. The second kappa shape index (κ2) is 4.97. The maximum atomic E-state index is 12.4. The van der Waals surface area contributed by atoms with Crippen molar-refractivity contribution in [1.82, 2.24) is 4.40 Å². The number of hydrogen-bond acceptors (Lipinski definition) is 4. The first kappa shape index (κ1) is 13.2. The normalized spacial score (nSPS) is 17.0. The molecule has 0 radical (unpaired) electrons. The summed E-state index contributed by atoms with van der Waals surface area (Å²) in [6, 6.07) is 5.08. The monoisotopic (exact) mass is 287 g/mol. The third-order valence-corrected chi connectivity index (χ3v) is 3.56. The number of fused-ring (bicyclic) bond motifs is 1. The molecular formula is C15H13NO5. The molecule has 0 saturated heterocycles. The Morgan fingerprint density at radius 2 is 2.24 bits per heavy atom. The number of aromatic hydroxyl groups is 1. The van der Waals surface area contributed by atoms with Crippen LogP contribution in [0.4, 0.5) is 0 Å². The fourth-order valence-electron chi connectivity index (χ4n) is 2.54. The molecule has 0 aliphatic carbocycles. The predicted octanol–water partition coefficient (Wildman–Crippen LogP) is 1.41. The van der Waals surface area contributed by atoms with Crippen LogP contribution in [0, 0.1) is 5.92 Å². The van der Waals surface area contributed by atoms with Gasteiger partial charge < -0.3 is 14.9 Å². The summed E-state index contributed by atoms with van der Waals surface area (Å²) in [4.78, 5) is 23.7. The van der Waals surface area contributed by atoms with Gasteiger partial charge >= 0.3 is 5.97 Å². The maximum Gasteiger partial charge on any atom is 0.345 e. The lowest BCUT2D eigenvalue weighted by Gasteiger charge is -2.13. The highest BCUT2D eigenvalue weighted by molar-refractivity contribution is 5.91. The first-order valence-electron chi connectivity index (χ1n) is 6.46. The number of pyridine rings is 2. The summed E-state index contributed by atoms with van der Waals surface area (Å²) in [6.45, 7) is 0.460. The molecule has 2 N–H and O–H groups in total. The van der Waals surface area contributed by atoms with E-state index in [1.807, 2.05) is 6.08 Å². The Balaban J connectivity index is 2.28. The lowest BCUT2D eigenvalue weighted by atomic mass is 9.98. The summed E-state index contributed by atoms with van der Waals surface area (Å²) in [5.74, 6) is -1.96. The molecule has 108 valence electrons. The van der Waals surface area contributed by atoms with E-state index in [1.165, 1.54) is 10.6 Å². The van der Waals surface area contributed by atoms with Gasteiger partial charge in [0.1, 0.15) is 0 Å². The summed E-state index contributed by atoms with van der Waals surface area (Å²) < 4.78 is 6.45. The van der Waals surface area contributed by atoms with Crippen molar-refractivity contribution in [3.05, 3.63) is 58.1 Å². The van der Waals surface area contributed by atoms with Crippen molar-refractivity contribution in [2.75, 3.05) is 6.61 Å². The van der Waals surface area contributed by atoms with Gasteiger partial charge in [0.05, 0.1) is 18.4 Å². The average Bonchev–Trinajstić information content (AvgIpc) is 2.96. The zero-order chi connectivity index (χ0) is 15.0. The quantitative estimate of drug-likeness (QED) is 0.891. The molecule has 1 unspecified atom stereocenters. The average molecular weight is 287 g/mol. The molecule has 6 nitrogen and oxygen atoms in total. The summed E-state index contributed by atoms with van der Waals surface area (Å²) in [7, 11) is 0. The van der Waals surface area contributed by atoms with Crippen molar-refractivity contribution < 1.29 is 19.7 Å². The van der Waals surface area contributed by atoms with Crippen LogP contribution < -0.4 is 5.43 Å². The molecular weight excluding hydrogens is 274 g/mol. The van der Waals surface area contributed by atoms with E-state index in [4.69, 9.17) is 4.74 Å². The predicted molar refractivity (Wildman–Crippen MR) is 74.6 cm³/mol. The van der Waals surface area contributed by atoms with Gasteiger partial charge in [0.25, 0.3) is 0 Å². The second-order valence-corrected chi connectivity index (χ2v) is 4.89. The fraction of sp³-hybridized carbons (Fsp3) is 0.200. The van der Waals surface area contributed by atoms with Crippen LogP contribution in [0.5, 0.6) is 5.88 Å². The summed E-state index contributed by atoms with van der Waals surface area (Å²) in [5, 5.41) is 19.2. The summed E-state index contributed by atoms with van der Waals surface area (Å²) in [5.41, 5.74) is -0.376. The van der Waals surface area contributed by atoms with E-state index in [-0.39, 0.29) is 5.92 Å². The number of aromatic carboxylic acids is 1. The Kier molecular flexibility index (Phi) is 3.13. The van der Waals surface area contributed by atoms with Crippen LogP contribution in [0.1, 0.15) is 15.9 Å². The van der Waals surface area contributed by atoms with Crippen molar-refractivity contribution in [3.63, 3.8) is 0 Å². The number of rotatable bonds is 3. The van der Waals surface area contributed by atoms with E-state index in [2.05, 4.69) is 0 Å². The molecule has 21 heavy (non-hydrogen) atoms. The van der Waals surface area contributed by atoms with Crippen molar-refractivity contribution in [2.45, 2.75) is 6.42 Å². The zero-order valence-electron chi connectivity index (χ0n) is 11.0. The topological polar surface area (TPSA) is 88.2 Å². The molecule has 3 rings (SSSR count). The molecule has 0 fully saturated rings. The van der Waals surface area contributed by atoms with Gasteiger partial charge in [0.15, 0.2) is 5.56 Å². The van der Waals surface area contributed by atoms with Gasteiger partial charge in [0, 0.05) is 17.7 Å². The van der Waals surface area contributed by atoms with Crippen molar-refractivity contribution in [1.29, 1.82) is 0 Å². The highest BCUT2D eigenvalue weighted by atomic mass is 16.5. The first-order valence-corrected chi connectivity index (χ1v) is 6.46. The SMILES string of the molecule is O=C(O)c1c(O)n2ccccc2c(CC2C=COC2)c1=O. The largest absolute Gasteiger partial charge is 0.501 e. The molecule has 0 bridgehead atoms.